The summed E-state index contributed by atoms with van der Waals surface area (Å²) >= 11 is 0. The van der Waals surface area contributed by atoms with E-state index in [0.29, 0.717) is 11.4 Å². The van der Waals surface area contributed by atoms with Crippen molar-refractivity contribution in [3.05, 3.63) is 59.4 Å². The van der Waals surface area contributed by atoms with Crippen molar-refractivity contribution in [1.82, 2.24) is 10.4 Å². The van der Waals surface area contributed by atoms with Gasteiger partial charge in [0.05, 0.1) is 24.4 Å². The molecule has 1 unspecified atom stereocenters. The van der Waals surface area contributed by atoms with Gasteiger partial charge in [0.2, 0.25) is 0 Å². The van der Waals surface area contributed by atoms with E-state index in [4.69, 9.17) is 10.6 Å². The number of hydrogen-bond acceptors (Lipinski definition) is 4. The number of hydrazine groups is 1. The summed E-state index contributed by atoms with van der Waals surface area (Å²) in [7, 11) is 1.53. The largest absolute Gasteiger partial charge is 0.497 e. The third-order valence-electron chi connectivity index (χ3n) is 3.00. The molecule has 7 heteroatoms. The van der Waals surface area contributed by atoms with Crippen LogP contribution in [0.3, 0.4) is 0 Å². The first kappa shape index (κ1) is 15.3. The number of halogens is 3. The number of pyridine rings is 1. The zero-order chi connectivity index (χ0) is 15.5. The summed E-state index contributed by atoms with van der Waals surface area (Å²) in [6.07, 6.45) is -3.62. The lowest BCUT2D eigenvalue weighted by atomic mass is 10.0. The third kappa shape index (κ3) is 3.50. The molecular weight excluding hydrogens is 283 g/mol. The van der Waals surface area contributed by atoms with Gasteiger partial charge in [-0.15, -0.1) is 0 Å². The van der Waals surface area contributed by atoms with Gasteiger partial charge in [-0.05, 0) is 29.8 Å². The second kappa shape index (κ2) is 6.11. The van der Waals surface area contributed by atoms with Crippen LogP contribution in [0.2, 0.25) is 0 Å². The number of alkyl halides is 3. The molecule has 0 spiro atoms. The Morgan fingerprint density at radius 1 is 1.24 bits per heavy atom. The predicted molar refractivity (Wildman–Crippen MR) is 71.4 cm³/mol. The highest BCUT2D eigenvalue weighted by Gasteiger charge is 2.31. The van der Waals surface area contributed by atoms with Crippen molar-refractivity contribution in [3.63, 3.8) is 0 Å². The van der Waals surface area contributed by atoms with E-state index >= 15 is 0 Å². The zero-order valence-electron chi connectivity index (χ0n) is 11.2. The SMILES string of the molecule is COc1cccc(C(NN)c2ccc(C(F)(F)F)cn2)c1. The van der Waals surface area contributed by atoms with Crippen molar-refractivity contribution >= 4 is 0 Å². The number of nitrogens with one attached hydrogen (secondary N) is 1. The minimum absolute atomic E-state index is 0.388. The van der Waals surface area contributed by atoms with E-state index in [1.807, 2.05) is 0 Å². The Morgan fingerprint density at radius 2 is 2.00 bits per heavy atom. The predicted octanol–water partition coefficient (Wildman–Crippen LogP) is 2.66. The van der Waals surface area contributed by atoms with Gasteiger partial charge in [-0.3, -0.25) is 10.8 Å². The molecule has 0 amide bonds. The van der Waals surface area contributed by atoms with Crippen molar-refractivity contribution in [2.24, 2.45) is 5.84 Å². The molecule has 2 rings (SSSR count). The van der Waals surface area contributed by atoms with E-state index in [1.54, 1.807) is 24.3 Å². The van der Waals surface area contributed by atoms with E-state index in [0.717, 1.165) is 17.8 Å². The Hall–Kier alpha value is -2.12. The summed E-state index contributed by atoms with van der Waals surface area (Å²) in [6, 6.07) is 8.80. The van der Waals surface area contributed by atoms with Gasteiger partial charge in [-0.25, -0.2) is 5.43 Å². The summed E-state index contributed by atoms with van der Waals surface area (Å²) in [5, 5.41) is 0. The van der Waals surface area contributed by atoms with Crippen LogP contribution in [0.5, 0.6) is 5.75 Å². The number of nitrogens with two attached hydrogens (primary N) is 1. The van der Waals surface area contributed by atoms with Gasteiger partial charge in [-0.2, -0.15) is 13.2 Å². The van der Waals surface area contributed by atoms with Gasteiger partial charge in [0.1, 0.15) is 5.75 Å². The Bertz CT molecular complexity index is 599. The average Bonchev–Trinajstić information content (AvgIpc) is 2.48. The van der Waals surface area contributed by atoms with Crippen LogP contribution in [0.25, 0.3) is 0 Å². The summed E-state index contributed by atoms with van der Waals surface area (Å²) in [6.45, 7) is 0. The first-order chi connectivity index (χ1) is 9.95. The van der Waals surface area contributed by atoms with E-state index < -0.39 is 17.8 Å². The van der Waals surface area contributed by atoms with Crippen LogP contribution in [-0.2, 0) is 6.18 Å². The Labute approximate surface area is 119 Å². The van der Waals surface area contributed by atoms with E-state index in [-0.39, 0.29) is 0 Å². The highest BCUT2D eigenvalue weighted by molar-refractivity contribution is 5.35. The van der Waals surface area contributed by atoms with Gasteiger partial charge >= 0.3 is 6.18 Å². The normalized spacial score (nSPS) is 13.0. The van der Waals surface area contributed by atoms with E-state index in [1.165, 1.54) is 13.2 Å². The van der Waals surface area contributed by atoms with E-state index in [2.05, 4.69) is 10.4 Å². The molecule has 0 saturated heterocycles. The fourth-order valence-electron chi connectivity index (χ4n) is 1.92. The van der Waals surface area contributed by atoms with Gasteiger partial charge in [0, 0.05) is 6.20 Å². The Kier molecular flexibility index (Phi) is 4.44. The Balaban J connectivity index is 2.32. The standard InChI is InChI=1S/C14H14F3N3O/c1-21-11-4-2-3-9(7-11)13(20-18)12-6-5-10(8-19-12)14(15,16)17/h2-8,13,20H,18H2,1H3. The number of rotatable bonds is 4. The quantitative estimate of drug-likeness (QED) is 0.673. The fourth-order valence-corrected chi connectivity index (χ4v) is 1.92. The highest BCUT2D eigenvalue weighted by Crippen LogP contribution is 2.30. The lowest BCUT2D eigenvalue weighted by Gasteiger charge is -2.17. The topological polar surface area (TPSA) is 60.2 Å². The third-order valence-corrected chi connectivity index (χ3v) is 3.00. The van der Waals surface area contributed by atoms with Crippen molar-refractivity contribution in [2.45, 2.75) is 12.2 Å². The molecule has 1 heterocycles. The van der Waals surface area contributed by atoms with Crippen molar-refractivity contribution in [1.29, 1.82) is 0 Å². The molecule has 0 bridgehead atoms. The van der Waals surface area contributed by atoms with Gasteiger partial charge in [-0.1, -0.05) is 12.1 Å². The second-order valence-electron chi connectivity index (χ2n) is 4.35. The number of aromatic nitrogens is 1. The van der Waals surface area contributed by atoms with Crippen molar-refractivity contribution in [3.8, 4) is 5.75 Å². The molecule has 21 heavy (non-hydrogen) atoms. The minimum Gasteiger partial charge on any atom is -0.497 e. The Morgan fingerprint density at radius 3 is 2.52 bits per heavy atom. The molecule has 0 saturated carbocycles. The first-order valence-corrected chi connectivity index (χ1v) is 6.09. The lowest BCUT2D eigenvalue weighted by Crippen LogP contribution is -2.29. The number of ether oxygens (including phenoxy) is 1. The molecule has 0 fully saturated rings. The maximum Gasteiger partial charge on any atom is 0.417 e. The minimum atomic E-state index is -4.41. The number of benzene rings is 1. The molecule has 112 valence electrons. The molecule has 2 aromatic rings. The second-order valence-corrected chi connectivity index (χ2v) is 4.35. The molecule has 1 atom stereocenters. The van der Waals surface area contributed by atoms with Crippen LogP contribution in [0.15, 0.2) is 42.6 Å². The van der Waals surface area contributed by atoms with Crippen LogP contribution >= 0.6 is 0 Å². The number of nitrogens with zero attached hydrogens (tertiary/aromatic N) is 1. The number of methoxy groups -OCH3 is 1. The molecule has 0 aliphatic heterocycles. The molecule has 1 aromatic heterocycles. The average molecular weight is 297 g/mol. The molecule has 1 aromatic carbocycles. The smallest absolute Gasteiger partial charge is 0.417 e. The van der Waals surface area contributed by atoms with Gasteiger partial charge < -0.3 is 4.74 Å². The summed E-state index contributed by atoms with van der Waals surface area (Å²) in [5.41, 5.74) is 2.87. The monoisotopic (exact) mass is 297 g/mol. The molecule has 3 N–H and O–H groups in total. The highest BCUT2D eigenvalue weighted by atomic mass is 19.4. The number of hydrogen-bond donors (Lipinski definition) is 2. The van der Waals surface area contributed by atoms with Crippen molar-refractivity contribution < 1.29 is 17.9 Å². The molecule has 0 radical (unpaired) electrons. The van der Waals surface area contributed by atoms with Crippen LogP contribution in [0, 0.1) is 0 Å². The summed E-state index contributed by atoms with van der Waals surface area (Å²) in [5.74, 6) is 6.12. The lowest BCUT2D eigenvalue weighted by molar-refractivity contribution is -0.137. The van der Waals surface area contributed by atoms with Crippen LogP contribution < -0.4 is 16.0 Å². The van der Waals surface area contributed by atoms with Crippen LogP contribution in [0.1, 0.15) is 22.9 Å². The zero-order valence-corrected chi connectivity index (χ0v) is 11.2. The molecular formula is C14H14F3N3O. The maximum absolute atomic E-state index is 12.5. The molecule has 4 nitrogen and oxygen atoms in total. The van der Waals surface area contributed by atoms with Crippen LogP contribution in [0.4, 0.5) is 13.2 Å². The van der Waals surface area contributed by atoms with Gasteiger partial charge in [0.15, 0.2) is 0 Å². The van der Waals surface area contributed by atoms with E-state index in [9.17, 15) is 13.2 Å². The molecule has 0 aliphatic carbocycles. The summed E-state index contributed by atoms with van der Waals surface area (Å²) in [4.78, 5) is 3.84. The molecule has 0 aliphatic rings. The maximum atomic E-state index is 12.5. The van der Waals surface area contributed by atoms with Crippen LogP contribution in [-0.4, -0.2) is 12.1 Å². The van der Waals surface area contributed by atoms with Crippen molar-refractivity contribution in [2.75, 3.05) is 7.11 Å². The summed E-state index contributed by atoms with van der Waals surface area (Å²) < 4.78 is 42.7. The van der Waals surface area contributed by atoms with Gasteiger partial charge in [0.25, 0.3) is 0 Å². The fraction of sp³-hybridized carbons (Fsp3) is 0.214. The first-order valence-electron chi connectivity index (χ1n) is 6.09.